The van der Waals surface area contributed by atoms with Gasteiger partial charge in [0.15, 0.2) is 0 Å². The Bertz CT molecular complexity index is 603. The highest BCUT2D eigenvalue weighted by Crippen LogP contribution is 2.30. The van der Waals surface area contributed by atoms with Crippen LogP contribution in [0.5, 0.6) is 0 Å². The van der Waals surface area contributed by atoms with Crippen LogP contribution < -0.4 is 5.73 Å². The van der Waals surface area contributed by atoms with Crippen LogP contribution in [0.15, 0.2) is 30.3 Å². The molecule has 0 aliphatic rings. The lowest BCUT2D eigenvalue weighted by atomic mass is 9.91. The van der Waals surface area contributed by atoms with Gasteiger partial charge in [0.25, 0.3) is 0 Å². The fourth-order valence-corrected chi connectivity index (χ4v) is 2.51. The number of rotatable bonds is 2. The standard InChI is InChI=1S/C15H14ClF2N/c1-8-6-10(17)7-9(2)13(8)15(19)11-4-3-5-12(16)14(11)18/h3-7,15H,19H2,1-2H3. The van der Waals surface area contributed by atoms with Crippen LogP contribution >= 0.6 is 11.6 Å². The Hall–Kier alpha value is -1.45. The van der Waals surface area contributed by atoms with Crippen molar-refractivity contribution in [3.63, 3.8) is 0 Å². The number of hydrogen-bond donors (Lipinski definition) is 1. The van der Waals surface area contributed by atoms with Crippen LogP contribution in [0.3, 0.4) is 0 Å². The number of benzene rings is 2. The lowest BCUT2D eigenvalue weighted by Gasteiger charge is -2.19. The second-order valence-corrected chi connectivity index (χ2v) is 4.98. The molecule has 1 unspecified atom stereocenters. The second kappa shape index (κ2) is 5.27. The van der Waals surface area contributed by atoms with Crippen molar-refractivity contribution >= 4 is 11.6 Å². The van der Waals surface area contributed by atoms with Crippen LogP contribution in [-0.2, 0) is 0 Å². The summed E-state index contributed by atoms with van der Waals surface area (Å²) in [6.07, 6.45) is 0. The van der Waals surface area contributed by atoms with E-state index in [4.69, 9.17) is 17.3 Å². The zero-order valence-corrected chi connectivity index (χ0v) is 11.4. The average Bonchev–Trinajstić information content (AvgIpc) is 2.31. The number of nitrogens with two attached hydrogens (primary N) is 1. The Kier molecular flexibility index (Phi) is 3.88. The van der Waals surface area contributed by atoms with E-state index in [2.05, 4.69) is 0 Å². The number of halogens is 3. The number of aryl methyl sites for hydroxylation is 2. The molecular formula is C15H14ClF2N. The maximum absolute atomic E-state index is 14.0. The van der Waals surface area contributed by atoms with Crippen molar-refractivity contribution in [3.05, 3.63) is 69.2 Å². The summed E-state index contributed by atoms with van der Waals surface area (Å²) in [5.41, 5.74) is 8.55. The largest absolute Gasteiger partial charge is 0.320 e. The van der Waals surface area contributed by atoms with E-state index >= 15 is 0 Å². The number of hydrogen-bond acceptors (Lipinski definition) is 1. The summed E-state index contributed by atoms with van der Waals surface area (Å²) < 4.78 is 27.3. The molecule has 1 nitrogen and oxygen atoms in total. The minimum absolute atomic E-state index is 0.0327. The lowest BCUT2D eigenvalue weighted by Crippen LogP contribution is -2.16. The van der Waals surface area contributed by atoms with Gasteiger partial charge in [-0.3, -0.25) is 0 Å². The molecule has 0 fully saturated rings. The molecule has 0 aliphatic heterocycles. The van der Waals surface area contributed by atoms with Crippen LogP contribution in [0.1, 0.15) is 28.3 Å². The van der Waals surface area contributed by atoms with Gasteiger partial charge in [0.05, 0.1) is 11.1 Å². The zero-order chi connectivity index (χ0) is 14.2. The van der Waals surface area contributed by atoms with Gasteiger partial charge in [0, 0.05) is 5.56 Å². The molecule has 0 heterocycles. The molecule has 0 spiro atoms. The Morgan fingerprint density at radius 2 is 1.68 bits per heavy atom. The zero-order valence-electron chi connectivity index (χ0n) is 10.7. The second-order valence-electron chi connectivity index (χ2n) is 4.57. The van der Waals surface area contributed by atoms with Crippen LogP contribution in [0.2, 0.25) is 5.02 Å². The van der Waals surface area contributed by atoms with Crippen LogP contribution in [-0.4, -0.2) is 0 Å². The first-order chi connectivity index (χ1) is 8.91. The SMILES string of the molecule is Cc1cc(F)cc(C)c1C(N)c1cccc(Cl)c1F. The third-order valence-electron chi connectivity index (χ3n) is 3.19. The van der Waals surface area contributed by atoms with Crippen LogP contribution in [0.4, 0.5) is 8.78 Å². The van der Waals surface area contributed by atoms with Crippen molar-refractivity contribution in [2.75, 3.05) is 0 Å². The van der Waals surface area contributed by atoms with Gasteiger partial charge in [-0.05, 0) is 48.7 Å². The van der Waals surface area contributed by atoms with Gasteiger partial charge in [-0.25, -0.2) is 8.78 Å². The molecule has 0 amide bonds. The lowest BCUT2D eigenvalue weighted by molar-refractivity contribution is 0.597. The summed E-state index contributed by atoms with van der Waals surface area (Å²) in [7, 11) is 0. The quantitative estimate of drug-likeness (QED) is 0.873. The van der Waals surface area contributed by atoms with Crippen molar-refractivity contribution in [3.8, 4) is 0 Å². The smallest absolute Gasteiger partial charge is 0.146 e. The first-order valence-electron chi connectivity index (χ1n) is 5.88. The molecule has 1 atom stereocenters. The maximum atomic E-state index is 14.0. The molecule has 2 rings (SSSR count). The summed E-state index contributed by atoms with van der Waals surface area (Å²) >= 11 is 5.76. The third kappa shape index (κ3) is 2.62. The molecule has 2 N–H and O–H groups in total. The first-order valence-corrected chi connectivity index (χ1v) is 6.25. The van der Waals surface area contributed by atoms with E-state index in [0.29, 0.717) is 16.7 Å². The van der Waals surface area contributed by atoms with E-state index in [1.165, 1.54) is 18.2 Å². The molecule has 2 aromatic rings. The maximum Gasteiger partial charge on any atom is 0.146 e. The first kappa shape index (κ1) is 14.0. The van der Waals surface area contributed by atoms with E-state index in [-0.39, 0.29) is 10.8 Å². The average molecular weight is 282 g/mol. The fourth-order valence-electron chi connectivity index (χ4n) is 2.33. The van der Waals surface area contributed by atoms with Crippen LogP contribution in [0, 0.1) is 25.5 Å². The van der Waals surface area contributed by atoms with Crippen molar-refractivity contribution in [2.45, 2.75) is 19.9 Å². The van der Waals surface area contributed by atoms with Gasteiger partial charge < -0.3 is 5.73 Å². The topological polar surface area (TPSA) is 26.0 Å². The van der Waals surface area contributed by atoms with Gasteiger partial charge in [-0.15, -0.1) is 0 Å². The monoisotopic (exact) mass is 281 g/mol. The summed E-state index contributed by atoms with van der Waals surface area (Å²) in [6.45, 7) is 3.52. The van der Waals surface area contributed by atoms with Crippen molar-refractivity contribution in [1.29, 1.82) is 0 Å². The highest BCUT2D eigenvalue weighted by atomic mass is 35.5. The molecule has 19 heavy (non-hydrogen) atoms. The van der Waals surface area contributed by atoms with E-state index in [9.17, 15) is 8.78 Å². The van der Waals surface area contributed by atoms with Gasteiger partial charge in [0.2, 0.25) is 0 Å². The Labute approximate surface area is 116 Å². The molecule has 4 heteroatoms. The molecule has 0 saturated carbocycles. The predicted molar refractivity (Wildman–Crippen MR) is 73.3 cm³/mol. The van der Waals surface area contributed by atoms with Gasteiger partial charge >= 0.3 is 0 Å². The summed E-state index contributed by atoms with van der Waals surface area (Å²) in [6, 6.07) is 6.83. The Morgan fingerprint density at radius 1 is 1.11 bits per heavy atom. The molecular weight excluding hydrogens is 268 g/mol. The van der Waals surface area contributed by atoms with E-state index in [1.54, 1.807) is 26.0 Å². The van der Waals surface area contributed by atoms with Crippen LogP contribution in [0.25, 0.3) is 0 Å². The normalized spacial score (nSPS) is 12.5. The molecule has 2 aromatic carbocycles. The molecule has 0 bridgehead atoms. The van der Waals surface area contributed by atoms with Crippen molar-refractivity contribution < 1.29 is 8.78 Å². The van der Waals surface area contributed by atoms with Crippen molar-refractivity contribution in [2.24, 2.45) is 5.73 Å². The minimum Gasteiger partial charge on any atom is -0.320 e. The summed E-state index contributed by atoms with van der Waals surface area (Å²) in [4.78, 5) is 0. The van der Waals surface area contributed by atoms with E-state index in [1.807, 2.05) is 0 Å². The molecule has 0 aliphatic carbocycles. The third-order valence-corrected chi connectivity index (χ3v) is 3.48. The molecule has 0 radical (unpaired) electrons. The predicted octanol–water partition coefficient (Wildman–Crippen LogP) is 4.28. The van der Waals surface area contributed by atoms with E-state index < -0.39 is 11.9 Å². The molecule has 0 saturated heterocycles. The van der Waals surface area contributed by atoms with Crippen molar-refractivity contribution in [1.82, 2.24) is 0 Å². The highest BCUT2D eigenvalue weighted by molar-refractivity contribution is 6.30. The minimum atomic E-state index is -0.667. The fraction of sp³-hybridized carbons (Fsp3) is 0.200. The summed E-state index contributed by atoms with van der Waals surface area (Å²) in [5.74, 6) is -0.850. The van der Waals surface area contributed by atoms with E-state index in [0.717, 1.165) is 5.56 Å². The Morgan fingerprint density at radius 3 is 2.26 bits per heavy atom. The van der Waals surface area contributed by atoms with Gasteiger partial charge in [0.1, 0.15) is 11.6 Å². The van der Waals surface area contributed by atoms with Gasteiger partial charge in [-0.1, -0.05) is 23.7 Å². The molecule has 0 aromatic heterocycles. The molecule has 100 valence electrons. The Balaban J connectivity index is 2.56. The highest BCUT2D eigenvalue weighted by Gasteiger charge is 2.19. The van der Waals surface area contributed by atoms with Gasteiger partial charge in [-0.2, -0.15) is 0 Å². The summed E-state index contributed by atoms with van der Waals surface area (Å²) in [5, 5.41) is 0.0327.